The van der Waals surface area contributed by atoms with E-state index in [-0.39, 0.29) is 6.04 Å². The van der Waals surface area contributed by atoms with Crippen molar-refractivity contribution in [3.05, 3.63) is 54.5 Å². The number of fused-ring (bicyclic) bond motifs is 1. The molecule has 0 aliphatic carbocycles. The minimum absolute atomic E-state index is 0.320. The number of aromatic amines is 1. The fraction of sp³-hybridized carbons (Fsp3) is 0.360. The molecule has 3 aromatic heterocycles. The molecule has 0 aliphatic heterocycles. The zero-order valence-electron chi connectivity index (χ0n) is 20.0. The van der Waals surface area contributed by atoms with Crippen molar-refractivity contribution in [1.82, 2.24) is 35.9 Å². The van der Waals surface area contributed by atoms with Gasteiger partial charge in [0.1, 0.15) is 5.60 Å². The maximum absolute atomic E-state index is 12.6. The van der Waals surface area contributed by atoms with Gasteiger partial charge in [-0.05, 0) is 79.8 Å². The molecule has 9 heteroatoms. The van der Waals surface area contributed by atoms with Crippen LogP contribution in [0.4, 0.5) is 4.79 Å². The Morgan fingerprint density at radius 1 is 1.09 bits per heavy atom. The Hall–Kier alpha value is -3.88. The number of hydrogen-bond acceptors (Lipinski definition) is 7. The first-order chi connectivity index (χ1) is 16.2. The van der Waals surface area contributed by atoms with Crippen LogP contribution in [0.3, 0.4) is 0 Å². The smallest absolute Gasteiger partial charge is 0.408 e. The van der Waals surface area contributed by atoms with E-state index < -0.39 is 11.7 Å². The molecular formula is C25H29N7O2. The number of nitrogens with zero attached hydrogens (tertiary/aromatic N) is 5. The minimum Gasteiger partial charge on any atom is -0.444 e. The second kappa shape index (κ2) is 9.54. The molecule has 0 aliphatic rings. The van der Waals surface area contributed by atoms with Crippen LogP contribution in [0.15, 0.2) is 48.8 Å². The molecule has 1 unspecified atom stereocenters. The van der Waals surface area contributed by atoms with Crippen LogP contribution in [0.2, 0.25) is 0 Å². The lowest BCUT2D eigenvalue weighted by Crippen LogP contribution is -2.35. The van der Waals surface area contributed by atoms with Crippen LogP contribution in [-0.2, 0) is 4.74 Å². The summed E-state index contributed by atoms with van der Waals surface area (Å²) in [6.07, 6.45) is 3.74. The lowest BCUT2D eigenvalue weighted by atomic mass is 9.96. The SMILES string of the molecule is CC(C)CC(NC(=O)OC(C)(C)C)c1cc(-c2nn[nH]n2)c2cc(-c3ccncc3)ccc2n1. The third kappa shape index (κ3) is 5.54. The number of amides is 1. The molecular weight excluding hydrogens is 430 g/mol. The Labute approximate surface area is 198 Å². The van der Waals surface area contributed by atoms with Crippen LogP contribution in [0.5, 0.6) is 0 Å². The number of H-pyrrole nitrogens is 1. The number of aromatic nitrogens is 6. The summed E-state index contributed by atoms with van der Waals surface area (Å²) in [4.78, 5) is 21.6. The number of alkyl carbamates (subject to hydrolysis) is 1. The van der Waals surface area contributed by atoms with E-state index in [1.165, 1.54) is 0 Å². The molecule has 9 nitrogen and oxygen atoms in total. The molecule has 34 heavy (non-hydrogen) atoms. The summed E-state index contributed by atoms with van der Waals surface area (Å²) in [6.45, 7) is 9.73. The fourth-order valence-corrected chi connectivity index (χ4v) is 3.78. The average Bonchev–Trinajstić information content (AvgIpc) is 3.31. The van der Waals surface area contributed by atoms with Crippen LogP contribution in [0, 0.1) is 5.92 Å². The van der Waals surface area contributed by atoms with Gasteiger partial charge in [-0.15, -0.1) is 10.2 Å². The standard InChI is InChI=1S/C25H29N7O2/c1-15(2)12-21(28-24(33)34-25(3,4)5)22-14-19(23-29-31-32-30-23)18-13-17(6-7-20(18)27-22)16-8-10-26-11-9-16/h6-11,13-15,21H,12H2,1-5H3,(H,28,33)(H,29,30,31,32). The van der Waals surface area contributed by atoms with Gasteiger partial charge >= 0.3 is 6.09 Å². The molecule has 176 valence electrons. The summed E-state index contributed by atoms with van der Waals surface area (Å²) in [5.74, 6) is 0.779. The summed E-state index contributed by atoms with van der Waals surface area (Å²) in [5, 5.41) is 18.6. The van der Waals surface area contributed by atoms with E-state index in [4.69, 9.17) is 9.72 Å². The number of rotatable bonds is 6. The molecule has 4 rings (SSSR count). The molecule has 0 spiro atoms. The predicted octanol–water partition coefficient (Wildman–Crippen LogP) is 5.09. The summed E-state index contributed by atoms with van der Waals surface area (Å²) >= 11 is 0. The van der Waals surface area contributed by atoms with E-state index in [1.807, 2.05) is 51.1 Å². The van der Waals surface area contributed by atoms with Gasteiger partial charge in [0.2, 0.25) is 5.82 Å². The molecule has 1 aromatic carbocycles. The van der Waals surface area contributed by atoms with Crippen LogP contribution >= 0.6 is 0 Å². The normalized spacial score (nSPS) is 12.6. The van der Waals surface area contributed by atoms with E-state index in [2.05, 4.69) is 50.8 Å². The van der Waals surface area contributed by atoms with Crippen molar-refractivity contribution in [1.29, 1.82) is 0 Å². The maximum atomic E-state index is 12.6. The number of pyridine rings is 2. The topological polar surface area (TPSA) is 119 Å². The number of carbonyl (C=O) groups is 1. The number of nitrogens with one attached hydrogen (secondary N) is 2. The first-order valence-electron chi connectivity index (χ1n) is 11.3. The van der Waals surface area contributed by atoms with Crippen molar-refractivity contribution < 1.29 is 9.53 Å². The lowest BCUT2D eigenvalue weighted by molar-refractivity contribution is 0.0496. The maximum Gasteiger partial charge on any atom is 0.408 e. The van der Waals surface area contributed by atoms with Crippen molar-refractivity contribution in [2.45, 2.75) is 52.7 Å². The molecule has 0 radical (unpaired) electrons. The first kappa shape index (κ1) is 23.3. The summed E-state index contributed by atoms with van der Waals surface area (Å²) in [6, 6.07) is 11.6. The van der Waals surface area contributed by atoms with Crippen LogP contribution in [-0.4, -0.2) is 42.3 Å². The number of benzene rings is 1. The van der Waals surface area contributed by atoms with E-state index >= 15 is 0 Å². The average molecular weight is 460 g/mol. The van der Waals surface area contributed by atoms with Gasteiger partial charge < -0.3 is 10.1 Å². The van der Waals surface area contributed by atoms with Crippen molar-refractivity contribution in [2.24, 2.45) is 5.92 Å². The highest BCUT2D eigenvalue weighted by atomic mass is 16.6. The number of ether oxygens (including phenoxy) is 1. The summed E-state index contributed by atoms with van der Waals surface area (Å²) in [5.41, 5.74) is 3.74. The largest absolute Gasteiger partial charge is 0.444 e. The molecule has 1 atom stereocenters. The molecule has 3 heterocycles. The van der Waals surface area contributed by atoms with E-state index in [9.17, 15) is 4.79 Å². The highest BCUT2D eigenvalue weighted by molar-refractivity contribution is 5.95. The predicted molar refractivity (Wildman–Crippen MR) is 130 cm³/mol. The fourth-order valence-electron chi connectivity index (χ4n) is 3.78. The minimum atomic E-state index is -0.595. The van der Waals surface area contributed by atoms with Gasteiger partial charge in [0.15, 0.2) is 0 Å². The Bertz CT molecular complexity index is 1270. The molecule has 2 N–H and O–H groups in total. The van der Waals surface area contributed by atoms with E-state index in [0.29, 0.717) is 23.9 Å². The number of tetrazole rings is 1. The molecule has 0 bridgehead atoms. The second-order valence-electron chi connectivity index (χ2n) is 9.63. The van der Waals surface area contributed by atoms with Crippen molar-refractivity contribution in [2.75, 3.05) is 0 Å². The van der Waals surface area contributed by atoms with Crippen LogP contribution in [0.1, 0.15) is 52.8 Å². The molecule has 4 aromatic rings. The van der Waals surface area contributed by atoms with Crippen LogP contribution in [0.25, 0.3) is 33.4 Å². The zero-order valence-corrected chi connectivity index (χ0v) is 20.0. The highest BCUT2D eigenvalue weighted by Gasteiger charge is 2.24. The summed E-state index contributed by atoms with van der Waals surface area (Å²) < 4.78 is 5.50. The Morgan fingerprint density at radius 2 is 1.85 bits per heavy atom. The molecule has 0 saturated heterocycles. The van der Waals surface area contributed by atoms with Crippen molar-refractivity contribution >= 4 is 17.0 Å². The van der Waals surface area contributed by atoms with E-state index in [0.717, 1.165) is 27.6 Å². The quantitative estimate of drug-likeness (QED) is 0.412. The van der Waals surface area contributed by atoms with Gasteiger partial charge in [-0.25, -0.2) is 4.79 Å². The van der Waals surface area contributed by atoms with Gasteiger partial charge in [-0.1, -0.05) is 19.9 Å². The number of carbonyl (C=O) groups excluding carboxylic acids is 1. The van der Waals surface area contributed by atoms with Gasteiger partial charge in [0, 0.05) is 23.3 Å². The zero-order chi connectivity index (χ0) is 24.3. The second-order valence-corrected chi connectivity index (χ2v) is 9.63. The van der Waals surface area contributed by atoms with Crippen molar-refractivity contribution in [3.8, 4) is 22.5 Å². The Balaban J connectivity index is 1.81. The van der Waals surface area contributed by atoms with Gasteiger partial charge in [-0.3, -0.25) is 9.97 Å². The van der Waals surface area contributed by atoms with Gasteiger partial charge in [0.05, 0.1) is 17.3 Å². The molecule has 0 fully saturated rings. The molecule has 0 saturated carbocycles. The first-order valence-corrected chi connectivity index (χ1v) is 11.3. The third-order valence-electron chi connectivity index (χ3n) is 5.18. The van der Waals surface area contributed by atoms with Crippen LogP contribution < -0.4 is 5.32 Å². The number of hydrogen-bond donors (Lipinski definition) is 2. The van der Waals surface area contributed by atoms with Crippen molar-refractivity contribution in [3.63, 3.8) is 0 Å². The molecule has 1 amide bonds. The van der Waals surface area contributed by atoms with Gasteiger partial charge in [-0.2, -0.15) is 5.21 Å². The van der Waals surface area contributed by atoms with Gasteiger partial charge in [0.25, 0.3) is 0 Å². The third-order valence-corrected chi connectivity index (χ3v) is 5.18. The lowest BCUT2D eigenvalue weighted by Gasteiger charge is -2.25. The summed E-state index contributed by atoms with van der Waals surface area (Å²) in [7, 11) is 0. The van der Waals surface area contributed by atoms with E-state index in [1.54, 1.807) is 12.4 Å². The monoisotopic (exact) mass is 459 g/mol. The Morgan fingerprint density at radius 3 is 2.50 bits per heavy atom. The Kier molecular flexibility index (Phi) is 6.54. The highest BCUT2D eigenvalue weighted by Crippen LogP contribution is 2.33.